The van der Waals surface area contributed by atoms with Gasteiger partial charge in [-0.2, -0.15) is 0 Å². The van der Waals surface area contributed by atoms with E-state index in [4.69, 9.17) is 54.1 Å². The number of likely N-dealkylation sites (N-methyl/N-ethyl adjacent to an activating group) is 2. The average molecular weight is 1080 g/mol. The number of ketones is 2. The molecule has 2 fully saturated rings. The quantitative estimate of drug-likeness (QED) is 0.0671. The fourth-order valence-electron chi connectivity index (χ4n) is 9.54. The van der Waals surface area contributed by atoms with Gasteiger partial charge < -0.3 is 19.3 Å². The first-order valence-corrected chi connectivity index (χ1v) is 25.9. The van der Waals surface area contributed by atoms with Gasteiger partial charge in [0.1, 0.15) is 11.1 Å². The number of nitrogens with zero attached hydrogens (tertiary/aromatic N) is 2. The zero-order chi connectivity index (χ0) is 54.1. The fraction of sp³-hybridized carbons (Fsp3) is 0.300. The molecule has 0 radical (unpaired) electrons. The molecule has 392 valence electrons. The molecule has 12 nitrogen and oxygen atoms in total. The molecule has 2 amide bonds. The third-order valence-electron chi connectivity index (χ3n) is 13.3. The Morgan fingerprint density at radius 3 is 1.36 bits per heavy atom. The maximum absolute atomic E-state index is 13.2. The minimum absolute atomic E-state index is 0.0199. The summed E-state index contributed by atoms with van der Waals surface area (Å²) in [4.78, 5) is 77.7. The monoisotopic (exact) mass is 1070 g/mol. The van der Waals surface area contributed by atoms with Crippen LogP contribution in [0.2, 0.25) is 10.0 Å². The smallest absolute Gasteiger partial charge is 0.413 e. The second-order valence-electron chi connectivity index (χ2n) is 18.4. The van der Waals surface area contributed by atoms with Crippen LogP contribution in [0.4, 0.5) is 9.59 Å². The van der Waals surface area contributed by atoms with Crippen molar-refractivity contribution in [2.24, 2.45) is 0 Å². The standard InChI is InChI=1S/C30H30ClNO5.C16H19Cl2NO3.C14H12O2/c1-21(36-28(34)24-14-10-13-23(20-24)19-22-11-4-3-5-12-22)37-29(35)32(2)30(18-9-8-17-27(30)33)25-15-6-7-16-26(25)31;1-11(17)22-15(21)19(2)16(10-6-5-9-14(16)20)12-7-3-4-8-13(12)18;15-14(16)13-8-4-7-12(10-13)9-11-5-2-1-3-6-11/h3-7,10-16,20-21H,8-9,17-19H2,1-2H3;3-4,7-8,11H,5-6,9-10H2,1-2H3;1-8,10H,9H2,(H,15,16)/t21?,30-;11?,16-;/m00./s1. The van der Waals surface area contributed by atoms with E-state index in [0.717, 1.165) is 48.8 Å². The first-order chi connectivity index (χ1) is 36.0. The van der Waals surface area contributed by atoms with Gasteiger partial charge in [0.05, 0.1) is 11.1 Å². The number of hydrogen-bond donors (Lipinski definition) is 1. The molecule has 8 rings (SSSR count). The summed E-state index contributed by atoms with van der Waals surface area (Å²) >= 11 is 18.5. The molecule has 1 N–H and O–H groups in total. The van der Waals surface area contributed by atoms with Crippen molar-refractivity contribution in [2.45, 2.75) is 101 Å². The molecule has 6 aromatic rings. The largest absolute Gasteiger partial charge is 0.478 e. The first-order valence-electron chi connectivity index (χ1n) is 24.8. The minimum atomic E-state index is -1.23. The van der Waals surface area contributed by atoms with Gasteiger partial charge in [0, 0.05) is 55.0 Å². The number of carbonyl (C=O) groups is 6. The summed E-state index contributed by atoms with van der Waals surface area (Å²) in [5.74, 6) is -1.60. The SMILES string of the molecule is CC(Cl)OC(=O)N(C)[C@]1(c2ccccc2Cl)CCCCC1=O.CC(OC(=O)c1cccc(Cc2ccccc2)c1)OC(=O)N(C)[C@]1(c2ccccc2Cl)CCCCC1=O.O=C(O)c1cccc(Cc2ccccc2)c1. The number of alkyl halides is 1. The van der Waals surface area contributed by atoms with Crippen LogP contribution < -0.4 is 0 Å². The Morgan fingerprint density at radius 1 is 0.533 bits per heavy atom. The molecule has 2 unspecified atom stereocenters. The topological polar surface area (TPSA) is 157 Å². The van der Waals surface area contributed by atoms with Crippen LogP contribution in [-0.2, 0) is 47.7 Å². The molecule has 75 heavy (non-hydrogen) atoms. The number of ether oxygens (including phenoxy) is 3. The Hall–Kier alpha value is -6.99. The first kappa shape index (κ1) is 57.3. The van der Waals surface area contributed by atoms with Gasteiger partial charge in [-0.05, 0) is 117 Å². The summed E-state index contributed by atoms with van der Waals surface area (Å²) in [7, 11) is 3.09. The van der Waals surface area contributed by atoms with Crippen LogP contribution in [-0.4, -0.2) is 76.5 Å². The third kappa shape index (κ3) is 14.7. The molecule has 15 heteroatoms. The summed E-state index contributed by atoms with van der Waals surface area (Å²) in [6.07, 6.45) is 3.77. The number of rotatable bonds is 13. The van der Waals surface area contributed by atoms with Crippen molar-refractivity contribution in [1.29, 1.82) is 0 Å². The van der Waals surface area contributed by atoms with Crippen LogP contribution in [0.3, 0.4) is 0 Å². The van der Waals surface area contributed by atoms with E-state index in [9.17, 15) is 28.8 Å². The number of carbonyl (C=O) groups excluding carboxylic acids is 5. The van der Waals surface area contributed by atoms with E-state index in [1.165, 1.54) is 29.3 Å². The van der Waals surface area contributed by atoms with Crippen LogP contribution in [0.25, 0.3) is 0 Å². The summed E-state index contributed by atoms with van der Waals surface area (Å²) in [6.45, 7) is 3.03. The van der Waals surface area contributed by atoms with Gasteiger partial charge in [-0.25, -0.2) is 19.2 Å². The van der Waals surface area contributed by atoms with Crippen molar-refractivity contribution >= 4 is 70.5 Å². The van der Waals surface area contributed by atoms with Crippen LogP contribution in [0.15, 0.2) is 158 Å². The van der Waals surface area contributed by atoms with Crippen molar-refractivity contribution in [1.82, 2.24) is 9.80 Å². The summed E-state index contributed by atoms with van der Waals surface area (Å²) in [5.41, 5.74) is 3.12. The number of aromatic carboxylic acids is 1. The summed E-state index contributed by atoms with van der Waals surface area (Å²) < 4.78 is 15.9. The Kier molecular flexibility index (Phi) is 20.6. The van der Waals surface area contributed by atoms with Gasteiger partial charge in [-0.3, -0.25) is 19.4 Å². The molecular formula is C60H61Cl3N2O10. The average Bonchev–Trinajstić information content (AvgIpc) is 3.40. The van der Waals surface area contributed by atoms with Crippen molar-refractivity contribution in [3.8, 4) is 0 Å². The predicted octanol–water partition coefficient (Wildman–Crippen LogP) is 13.8. The maximum Gasteiger partial charge on any atom is 0.413 e. The van der Waals surface area contributed by atoms with E-state index in [2.05, 4.69) is 0 Å². The van der Waals surface area contributed by atoms with E-state index in [0.29, 0.717) is 64.4 Å². The number of amides is 2. The van der Waals surface area contributed by atoms with Gasteiger partial charge in [0.15, 0.2) is 17.1 Å². The molecule has 2 aliphatic carbocycles. The van der Waals surface area contributed by atoms with Crippen molar-refractivity contribution < 1.29 is 48.1 Å². The molecule has 2 saturated carbocycles. The number of halogens is 3. The Morgan fingerprint density at radius 2 is 0.933 bits per heavy atom. The number of hydrogen-bond acceptors (Lipinski definition) is 9. The molecular weight excluding hydrogens is 1020 g/mol. The molecule has 0 aromatic heterocycles. The lowest BCUT2D eigenvalue weighted by Crippen LogP contribution is -2.54. The molecule has 0 aliphatic heterocycles. The fourth-order valence-corrected chi connectivity index (χ4v) is 10.2. The zero-order valence-electron chi connectivity index (χ0n) is 42.4. The zero-order valence-corrected chi connectivity index (χ0v) is 44.7. The van der Waals surface area contributed by atoms with Crippen LogP contribution >= 0.6 is 34.8 Å². The van der Waals surface area contributed by atoms with Crippen molar-refractivity contribution in [3.63, 3.8) is 0 Å². The molecule has 0 heterocycles. The Bertz CT molecular complexity index is 2940. The molecule has 4 atom stereocenters. The van der Waals surface area contributed by atoms with E-state index in [1.54, 1.807) is 92.8 Å². The molecule has 0 spiro atoms. The molecule has 2 aliphatic rings. The van der Waals surface area contributed by atoms with Crippen LogP contribution in [0.1, 0.15) is 119 Å². The van der Waals surface area contributed by atoms with Crippen molar-refractivity contribution in [2.75, 3.05) is 14.1 Å². The lowest BCUT2D eigenvalue weighted by atomic mass is 9.74. The minimum Gasteiger partial charge on any atom is -0.478 e. The number of esters is 1. The summed E-state index contributed by atoms with van der Waals surface area (Å²) in [5, 5.41) is 9.75. The van der Waals surface area contributed by atoms with Gasteiger partial charge in [0.2, 0.25) is 6.29 Å². The van der Waals surface area contributed by atoms with Crippen LogP contribution in [0.5, 0.6) is 0 Å². The highest BCUT2D eigenvalue weighted by Gasteiger charge is 2.50. The highest BCUT2D eigenvalue weighted by molar-refractivity contribution is 6.32. The second-order valence-corrected chi connectivity index (χ2v) is 19.8. The Balaban J connectivity index is 0.000000203. The molecule has 0 bridgehead atoms. The van der Waals surface area contributed by atoms with E-state index < -0.39 is 47.1 Å². The third-order valence-corrected chi connectivity index (χ3v) is 14.0. The van der Waals surface area contributed by atoms with Gasteiger partial charge >= 0.3 is 24.1 Å². The number of carboxylic acids is 1. The lowest BCUT2D eigenvalue weighted by Gasteiger charge is -2.43. The van der Waals surface area contributed by atoms with E-state index in [1.807, 2.05) is 78.9 Å². The number of Topliss-reactive ketones (excluding diaryl/α,β-unsaturated/α-hetero) is 2. The highest BCUT2D eigenvalue weighted by atomic mass is 35.5. The number of carboxylic acid groups (broad SMARTS) is 1. The normalized spacial score (nSPS) is 17.8. The molecule has 0 saturated heterocycles. The number of benzene rings is 6. The van der Waals surface area contributed by atoms with Crippen molar-refractivity contribution in [3.05, 3.63) is 212 Å². The maximum atomic E-state index is 13.2. The highest BCUT2D eigenvalue weighted by Crippen LogP contribution is 2.44. The lowest BCUT2D eigenvalue weighted by molar-refractivity contribution is -0.135. The predicted molar refractivity (Wildman–Crippen MR) is 290 cm³/mol. The van der Waals surface area contributed by atoms with E-state index in [-0.39, 0.29) is 11.6 Å². The summed E-state index contributed by atoms with van der Waals surface area (Å²) in [6, 6.07) is 48.3. The van der Waals surface area contributed by atoms with E-state index >= 15 is 0 Å². The van der Waals surface area contributed by atoms with Crippen LogP contribution in [0, 0.1) is 0 Å². The second kappa shape index (κ2) is 27.0. The Labute approximate surface area is 453 Å². The van der Waals surface area contributed by atoms with Gasteiger partial charge in [-0.1, -0.05) is 156 Å². The molecule has 6 aromatic carbocycles. The van der Waals surface area contributed by atoms with Gasteiger partial charge in [0.25, 0.3) is 0 Å². The van der Waals surface area contributed by atoms with Gasteiger partial charge in [-0.15, -0.1) is 0 Å².